The predicted molar refractivity (Wildman–Crippen MR) is 59.3 cm³/mol. The monoisotopic (exact) mass is 206 g/mol. The van der Waals surface area contributed by atoms with E-state index in [-0.39, 0.29) is 11.6 Å². The van der Waals surface area contributed by atoms with Crippen molar-refractivity contribution < 1.29 is 5.11 Å². The molecule has 0 aromatic carbocycles. The van der Waals surface area contributed by atoms with Crippen LogP contribution in [0.15, 0.2) is 18.2 Å². The molecule has 0 aliphatic heterocycles. The number of hydrogen-bond donors (Lipinski definition) is 2. The largest absolute Gasteiger partial charge is 0.393 e. The van der Waals surface area contributed by atoms with Crippen LogP contribution in [0.25, 0.3) is 0 Å². The Kier molecular flexibility index (Phi) is 2.76. The topological polar surface area (TPSA) is 59.1 Å². The molecule has 0 radical (unpaired) electrons. The van der Waals surface area contributed by atoms with Crippen LogP contribution in [0.3, 0.4) is 0 Å². The molecule has 15 heavy (non-hydrogen) atoms. The molecule has 0 unspecified atom stereocenters. The first-order valence-corrected chi connectivity index (χ1v) is 5.51. The minimum absolute atomic E-state index is 0.175. The molecule has 0 spiro atoms. The third kappa shape index (κ3) is 2.19. The van der Waals surface area contributed by atoms with Gasteiger partial charge in [0, 0.05) is 5.69 Å². The van der Waals surface area contributed by atoms with Gasteiger partial charge in [-0.3, -0.25) is 4.98 Å². The number of aliphatic hydroxyl groups is 1. The van der Waals surface area contributed by atoms with Crippen molar-refractivity contribution in [3.05, 3.63) is 29.6 Å². The van der Waals surface area contributed by atoms with Crippen LogP contribution in [0, 0.1) is 6.92 Å². The molecule has 1 heterocycles. The quantitative estimate of drug-likeness (QED) is 0.731. The zero-order valence-corrected chi connectivity index (χ0v) is 9.11. The highest BCUT2D eigenvalue weighted by Crippen LogP contribution is 2.33. The van der Waals surface area contributed by atoms with Gasteiger partial charge in [-0.1, -0.05) is 6.07 Å². The smallest absolute Gasteiger partial charge is 0.0605 e. The van der Waals surface area contributed by atoms with Crippen molar-refractivity contribution in [1.82, 2.24) is 4.98 Å². The minimum atomic E-state index is -0.328. The summed E-state index contributed by atoms with van der Waals surface area (Å²) in [6.07, 6.45) is 3.04. The lowest BCUT2D eigenvalue weighted by Crippen LogP contribution is -2.42. The first kappa shape index (κ1) is 10.6. The van der Waals surface area contributed by atoms with E-state index in [1.807, 2.05) is 25.1 Å². The molecule has 3 nitrogen and oxygen atoms in total. The van der Waals surface area contributed by atoms with E-state index >= 15 is 0 Å². The molecule has 3 heteroatoms. The number of nitrogens with two attached hydrogens (primary N) is 1. The third-order valence-corrected chi connectivity index (χ3v) is 3.25. The van der Waals surface area contributed by atoms with Gasteiger partial charge in [-0.15, -0.1) is 0 Å². The Hall–Kier alpha value is -0.930. The van der Waals surface area contributed by atoms with Crippen LogP contribution in [-0.2, 0) is 5.54 Å². The number of hydrogen-bond acceptors (Lipinski definition) is 3. The Balaban J connectivity index is 2.22. The number of rotatable bonds is 1. The molecule has 1 fully saturated rings. The Morgan fingerprint density at radius 3 is 2.67 bits per heavy atom. The highest BCUT2D eigenvalue weighted by molar-refractivity contribution is 5.19. The summed E-state index contributed by atoms with van der Waals surface area (Å²) in [5.74, 6) is 0. The first-order chi connectivity index (χ1) is 7.10. The molecule has 1 aromatic rings. The summed E-state index contributed by atoms with van der Waals surface area (Å²) in [5, 5.41) is 9.47. The summed E-state index contributed by atoms with van der Waals surface area (Å²) >= 11 is 0. The summed E-state index contributed by atoms with van der Waals surface area (Å²) < 4.78 is 0. The van der Waals surface area contributed by atoms with Gasteiger partial charge in [-0.05, 0) is 44.7 Å². The van der Waals surface area contributed by atoms with Crippen molar-refractivity contribution in [3.8, 4) is 0 Å². The maximum absolute atomic E-state index is 9.47. The zero-order chi connectivity index (χ0) is 10.9. The SMILES string of the molecule is Cc1cccc(C2(N)CCC(O)CC2)n1. The zero-order valence-electron chi connectivity index (χ0n) is 9.11. The van der Waals surface area contributed by atoms with E-state index in [4.69, 9.17) is 5.73 Å². The van der Waals surface area contributed by atoms with Gasteiger partial charge in [0.1, 0.15) is 0 Å². The first-order valence-electron chi connectivity index (χ1n) is 5.51. The highest BCUT2D eigenvalue weighted by atomic mass is 16.3. The molecular formula is C12H18N2O. The van der Waals surface area contributed by atoms with Crippen molar-refractivity contribution in [1.29, 1.82) is 0 Å². The van der Waals surface area contributed by atoms with Crippen LogP contribution >= 0.6 is 0 Å². The average Bonchev–Trinajstić information content (AvgIpc) is 2.23. The van der Waals surface area contributed by atoms with Crippen molar-refractivity contribution in [2.75, 3.05) is 0 Å². The van der Waals surface area contributed by atoms with Gasteiger partial charge in [0.15, 0.2) is 0 Å². The van der Waals surface area contributed by atoms with Gasteiger partial charge < -0.3 is 10.8 Å². The lowest BCUT2D eigenvalue weighted by atomic mass is 9.78. The van der Waals surface area contributed by atoms with E-state index in [1.54, 1.807) is 0 Å². The van der Waals surface area contributed by atoms with Gasteiger partial charge in [0.2, 0.25) is 0 Å². The second-order valence-corrected chi connectivity index (χ2v) is 4.55. The Labute approximate surface area is 90.3 Å². The van der Waals surface area contributed by atoms with E-state index in [9.17, 15) is 5.11 Å². The Morgan fingerprint density at radius 1 is 1.40 bits per heavy atom. The fourth-order valence-electron chi connectivity index (χ4n) is 2.19. The molecule has 1 aliphatic rings. The number of pyridine rings is 1. The Morgan fingerprint density at radius 2 is 2.07 bits per heavy atom. The van der Waals surface area contributed by atoms with Gasteiger partial charge in [-0.2, -0.15) is 0 Å². The summed E-state index contributed by atoms with van der Waals surface area (Å²) in [6, 6.07) is 5.96. The van der Waals surface area contributed by atoms with Crippen LogP contribution in [0.2, 0.25) is 0 Å². The standard InChI is InChI=1S/C12H18N2O/c1-9-3-2-4-11(14-9)12(13)7-5-10(15)6-8-12/h2-4,10,15H,5-8,13H2,1H3. The van der Waals surface area contributed by atoms with Gasteiger partial charge in [-0.25, -0.2) is 0 Å². The van der Waals surface area contributed by atoms with Crippen LogP contribution < -0.4 is 5.73 Å². The van der Waals surface area contributed by atoms with Crippen molar-refractivity contribution in [2.45, 2.75) is 44.2 Å². The van der Waals surface area contributed by atoms with Crippen molar-refractivity contribution >= 4 is 0 Å². The molecule has 82 valence electrons. The van der Waals surface area contributed by atoms with Gasteiger partial charge >= 0.3 is 0 Å². The Bertz CT molecular complexity index is 343. The molecular weight excluding hydrogens is 188 g/mol. The molecule has 1 saturated carbocycles. The molecule has 0 saturated heterocycles. The summed E-state index contributed by atoms with van der Waals surface area (Å²) in [6.45, 7) is 1.98. The molecule has 1 aliphatic carbocycles. The summed E-state index contributed by atoms with van der Waals surface area (Å²) in [5.41, 5.74) is 7.98. The second-order valence-electron chi connectivity index (χ2n) is 4.55. The highest BCUT2D eigenvalue weighted by Gasteiger charge is 2.33. The lowest BCUT2D eigenvalue weighted by molar-refractivity contribution is 0.0956. The third-order valence-electron chi connectivity index (χ3n) is 3.25. The van der Waals surface area contributed by atoms with Crippen molar-refractivity contribution in [3.63, 3.8) is 0 Å². The van der Waals surface area contributed by atoms with Crippen LogP contribution in [-0.4, -0.2) is 16.2 Å². The number of nitrogens with zero attached hydrogens (tertiary/aromatic N) is 1. The fraction of sp³-hybridized carbons (Fsp3) is 0.583. The van der Waals surface area contributed by atoms with E-state index < -0.39 is 0 Å². The van der Waals surface area contributed by atoms with Crippen molar-refractivity contribution in [2.24, 2.45) is 5.73 Å². The number of aryl methyl sites for hydroxylation is 1. The van der Waals surface area contributed by atoms with E-state index in [0.717, 1.165) is 37.1 Å². The molecule has 2 rings (SSSR count). The molecule has 0 amide bonds. The molecule has 1 aromatic heterocycles. The maximum atomic E-state index is 9.47. The van der Waals surface area contributed by atoms with E-state index in [0.29, 0.717) is 0 Å². The molecule has 0 atom stereocenters. The predicted octanol–water partition coefficient (Wildman–Crippen LogP) is 1.48. The summed E-state index contributed by atoms with van der Waals surface area (Å²) in [4.78, 5) is 4.49. The maximum Gasteiger partial charge on any atom is 0.0605 e. The minimum Gasteiger partial charge on any atom is -0.393 e. The number of aromatic nitrogens is 1. The second kappa shape index (κ2) is 3.91. The van der Waals surface area contributed by atoms with Gasteiger partial charge in [0.25, 0.3) is 0 Å². The lowest BCUT2D eigenvalue weighted by Gasteiger charge is -2.35. The normalized spacial score (nSPS) is 31.5. The van der Waals surface area contributed by atoms with E-state index in [1.165, 1.54) is 0 Å². The van der Waals surface area contributed by atoms with E-state index in [2.05, 4.69) is 4.98 Å². The fourth-order valence-corrected chi connectivity index (χ4v) is 2.19. The van der Waals surface area contributed by atoms with Crippen LogP contribution in [0.1, 0.15) is 37.1 Å². The van der Waals surface area contributed by atoms with Crippen LogP contribution in [0.4, 0.5) is 0 Å². The van der Waals surface area contributed by atoms with Crippen LogP contribution in [0.5, 0.6) is 0 Å². The summed E-state index contributed by atoms with van der Waals surface area (Å²) in [7, 11) is 0. The number of aliphatic hydroxyl groups excluding tert-OH is 1. The average molecular weight is 206 g/mol. The molecule has 3 N–H and O–H groups in total. The molecule has 0 bridgehead atoms. The van der Waals surface area contributed by atoms with Gasteiger partial charge in [0.05, 0.1) is 17.3 Å².